The third-order valence-corrected chi connectivity index (χ3v) is 6.13. The Kier molecular flexibility index (Phi) is 4.39. The van der Waals surface area contributed by atoms with Gasteiger partial charge in [0.15, 0.2) is 0 Å². The minimum atomic E-state index is -0.364. The fourth-order valence-corrected chi connectivity index (χ4v) is 4.69. The molecule has 148 valence electrons. The van der Waals surface area contributed by atoms with E-state index in [1.807, 2.05) is 0 Å². The van der Waals surface area contributed by atoms with Crippen LogP contribution in [0, 0.1) is 0 Å². The van der Waals surface area contributed by atoms with Gasteiger partial charge in [0.1, 0.15) is 0 Å². The summed E-state index contributed by atoms with van der Waals surface area (Å²) in [5, 5.41) is 6.67. The van der Waals surface area contributed by atoms with Crippen LogP contribution >= 0.6 is 0 Å². The van der Waals surface area contributed by atoms with E-state index in [9.17, 15) is 14.4 Å². The van der Waals surface area contributed by atoms with Crippen molar-refractivity contribution >= 4 is 17.7 Å². The Morgan fingerprint density at radius 2 is 1.72 bits per heavy atom. The number of imide groups is 1. The van der Waals surface area contributed by atoms with Crippen molar-refractivity contribution in [2.75, 3.05) is 0 Å². The van der Waals surface area contributed by atoms with E-state index in [-0.39, 0.29) is 30.3 Å². The number of rotatable bonds is 4. The topological polar surface area (TPSA) is 91.4 Å². The van der Waals surface area contributed by atoms with Crippen LogP contribution < -0.4 is 10.6 Å². The van der Waals surface area contributed by atoms with Crippen molar-refractivity contribution in [1.82, 2.24) is 20.5 Å². The highest BCUT2D eigenvalue weighted by atomic mass is 16.2. The number of hydrogen-bond donors (Lipinski definition) is 2. The highest BCUT2D eigenvalue weighted by Crippen LogP contribution is 2.28. The number of piperidine rings is 1. The van der Waals surface area contributed by atoms with Crippen LogP contribution in [0.15, 0.2) is 42.7 Å². The monoisotopic (exact) mass is 390 g/mol. The van der Waals surface area contributed by atoms with E-state index in [2.05, 4.69) is 15.6 Å². The summed E-state index contributed by atoms with van der Waals surface area (Å²) < 4.78 is 0. The first kappa shape index (κ1) is 18.0. The molecule has 0 spiro atoms. The lowest BCUT2D eigenvalue weighted by molar-refractivity contribution is 0.0642. The van der Waals surface area contributed by atoms with Gasteiger partial charge in [-0.1, -0.05) is 0 Å². The molecule has 2 unspecified atom stereocenters. The molecule has 2 bridgehead atoms. The van der Waals surface area contributed by atoms with Crippen LogP contribution in [-0.4, -0.2) is 45.7 Å². The van der Waals surface area contributed by atoms with E-state index in [0.717, 1.165) is 18.4 Å². The summed E-state index contributed by atoms with van der Waals surface area (Å²) in [4.78, 5) is 43.4. The molecule has 0 saturated carbocycles. The molecule has 5 rings (SSSR count). The molecule has 2 saturated heterocycles. The Balaban J connectivity index is 1.32. The maximum absolute atomic E-state index is 12.8. The largest absolute Gasteiger partial charge is 0.349 e. The molecule has 2 atom stereocenters. The smallest absolute Gasteiger partial charge is 0.261 e. The normalized spacial score (nSPS) is 25.2. The van der Waals surface area contributed by atoms with Gasteiger partial charge in [-0.15, -0.1) is 0 Å². The van der Waals surface area contributed by atoms with E-state index in [0.29, 0.717) is 28.8 Å². The summed E-state index contributed by atoms with van der Waals surface area (Å²) in [6.07, 6.45) is 7.46. The number of carbonyl (C=O) groups excluding carboxylic acids is 3. The summed E-state index contributed by atoms with van der Waals surface area (Å²) in [5.41, 5.74) is 1.89. The fourth-order valence-electron chi connectivity index (χ4n) is 4.69. The number of amides is 3. The Labute approximate surface area is 168 Å². The van der Waals surface area contributed by atoms with Gasteiger partial charge in [0.05, 0.1) is 17.7 Å². The van der Waals surface area contributed by atoms with Gasteiger partial charge in [0.25, 0.3) is 17.7 Å². The SMILES string of the molecule is O=C(NC1CC2CCC(C1)N2)c1ccc2c(c1)C(=O)N(Cc1ccncc1)C2=O. The van der Waals surface area contributed by atoms with Crippen LogP contribution in [0.25, 0.3) is 0 Å². The van der Waals surface area contributed by atoms with Gasteiger partial charge in [-0.05, 0) is 61.6 Å². The molecule has 2 aromatic rings. The van der Waals surface area contributed by atoms with Gasteiger partial charge in [0.2, 0.25) is 0 Å². The second-order valence-electron chi connectivity index (χ2n) is 8.09. The standard InChI is InChI=1S/C22H22N4O3/c27-20(25-17-10-15-2-3-16(11-17)24-15)14-1-4-18-19(9-14)22(29)26(21(18)28)12-13-5-7-23-8-6-13/h1,4-9,15-17,24H,2-3,10-12H2,(H,25,27). The van der Waals surface area contributed by atoms with Gasteiger partial charge in [0, 0.05) is 36.1 Å². The predicted molar refractivity (Wildman–Crippen MR) is 105 cm³/mol. The van der Waals surface area contributed by atoms with Crippen molar-refractivity contribution in [3.63, 3.8) is 0 Å². The van der Waals surface area contributed by atoms with Gasteiger partial charge >= 0.3 is 0 Å². The van der Waals surface area contributed by atoms with Crippen molar-refractivity contribution in [2.24, 2.45) is 0 Å². The third-order valence-electron chi connectivity index (χ3n) is 6.13. The van der Waals surface area contributed by atoms with Crippen LogP contribution in [0.2, 0.25) is 0 Å². The first-order chi connectivity index (χ1) is 14.1. The first-order valence-corrected chi connectivity index (χ1v) is 10.0. The number of fused-ring (bicyclic) bond motifs is 3. The molecule has 2 N–H and O–H groups in total. The van der Waals surface area contributed by atoms with Crippen molar-refractivity contribution in [3.8, 4) is 0 Å². The van der Waals surface area contributed by atoms with Gasteiger partial charge in [-0.25, -0.2) is 0 Å². The molecule has 3 amide bonds. The Morgan fingerprint density at radius 3 is 2.45 bits per heavy atom. The molecule has 7 heteroatoms. The zero-order valence-corrected chi connectivity index (χ0v) is 15.9. The zero-order valence-electron chi connectivity index (χ0n) is 15.9. The molecule has 29 heavy (non-hydrogen) atoms. The van der Waals surface area contributed by atoms with Crippen molar-refractivity contribution < 1.29 is 14.4 Å². The Morgan fingerprint density at radius 1 is 1.03 bits per heavy atom. The highest BCUT2D eigenvalue weighted by molar-refractivity contribution is 6.22. The molecule has 3 aliphatic rings. The second kappa shape index (κ2) is 7.08. The molecule has 3 aliphatic heterocycles. The van der Waals surface area contributed by atoms with E-state index >= 15 is 0 Å². The average Bonchev–Trinajstić information content (AvgIpc) is 3.19. The maximum Gasteiger partial charge on any atom is 0.261 e. The van der Waals surface area contributed by atoms with Crippen LogP contribution in [0.4, 0.5) is 0 Å². The van der Waals surface area contributed by atoms with Crippen LogP contribution in [0.3, 0.4) is 0 Å². The second-order valence-corrected chi connectivity index (χ2v) is 8.09. The summed E-state index contributed by atoms with van der Waals surface area (Å²) in [5.74, 6) is -0.882. The lowest BCUT2D eigenvalue weighted by Crippen LogP contribution is -2.48. The summed E-state index contributed by atoms with van der Waals surface area (Å²) >= 11 is 0. The molecular weight excluding hydrogens is 368 g/mol. The number of nitrogens with one attached hydrogen (secondary N) is 2. The number of carbonyl (C=O) groups is 3. The molecule has 0 radical (unpaired) electrons. The van der Waals surface area contributed by atoms with Crippen LogP contribution in [0.5, 0.6) is 0 Å². The number of pyridine rings is 1. The van der Waals surface area contributed by atoms with Gasteiger partial charge in [-0.2, -0.15) is 0 Å². The molecule has 1 aromatic carbocycles. The summed E-state index contributed by atoms with van der Waals surface area (Å²) in [7, 11) is 0. The summed E-state index contributed by atoms with van der Waals surface area (Å²) in [6.45, 7) is 0.189. The van der Waals surface area contributed by atoms with Gasteiger partial charge in [-0.3, -0.25) is 24.3 Å². The van der Waals surface area contributed by atoms with E-state index < -0.39 is 0 Å². The van der Waals surface area contributed by atoms with E-state index in [1.54, 1.807) is 42.7 Å². The average molecular weight is 390 g/mol. The lowest BCUT2D eigenvalue weighted by atomic mass is 9.99. The minimum Gasteiger partial charge on any atom is -0.349 e. The van der Waals surface area contributed by atoms with E-state index in [1.165, 1.54) is 17.7 Å². The van der Waals surface area contributed by atoms with Gasteiger partial charge < -0.3 is 10.6 Å². The lowest BCUT2D eigenvalue weighted by Gasteiger charge is -2.29. The zero-order chi connectivity index (χ0) is 20.0. The predicted octanol–water partition coefficient (Wildman–Crippen LogP) is 1.89. The fraction of sp³-hybridized carbons (Fsp3) is 0.364. The molecule has 2 fully saturated rings. The molecular formula is C22H22N4O3. The van der Waals surface area contributed by atoms with Crippen molar-refractivity contribution in [1.29, 1.82) is 0 Å². The molecule has 4 heterocycles. The molecule has 7 nitrogen and oxygen atoms in total. The minimum absolute atomic E-state index is 0.148. The van der Waals surface area contributed by atoms with Crippen LogP contribution in [-0.2, 0) is 6.54 Å². The number of benzene rings is 1. The molecule has 1 aromatic heterocycles. The molecule has 0 aliphatic carbocycles. The van der Waals surface area contributed by atoms with E-state index in [4.69, 9.17) is 0 Å². The van der Waals surface area contributed by atoms with Crippen molar-refractivity contribution in [3.05, 3.63) is 65.0 Å². The third kappa shape index (κ3) is 3.31. The number of nitrogens with zero attached hydrogens (tertiary/aromatic N) is 2. The Hall–Kier alpha value is -3.06. The highest BCUT2D eigenvalue weighted by Gasteiger charge is 2.37. The van der Waals surface area contributed by atoms with Crippen molar-refractivity contribution in [2.45, 2.75) is 50.4 Å². The summed E-state index contributed by atoms with van der Waals surface area (Å²) in [6, 6.07) is 9.43. The van der Waals surface area contributed by atoms with Crippen LogP contribution in [0.1, 0.15) is 62.3 Å². The first-order valence-electron chi connectivity index (χ1n) is 10.0. The number of hydrogen-bond acceptors (Lipinski definition) is 5. The maximum atomic E-state index is 12.8. The Bertz CT molecular complexity index is 979. The quantitative estimate of drug-likeness (QED) is 0.778. The number of aromatic nitrogens is 1.